The van der Waals surface area contributed by atoms with Gasteiger partial charge in [-0.3, -0.25) is 9.59 Å². The number of benzene rings is 1. The second-order valence-corrected chi connectivity index (χ2v) is 8.94. The molecule has 0 bridgehead atoms. The topological polar surface area (TPSA) is 106 Å². The Morgan fingerprint density at radius 2 is 1.73 bits per heavy atom. The first-order valence-electron chi connectivity index (χ1n) is 11.2. The summed E-state index contributed by atoms with van der Waals surface area (Å²) in [7, 11) is 1.54. The third-order valence-electron chi connectivity index (χ3n) is 6.24. The van der Waals surface area contributed by atoms with Crippen LogP contribution in [0.15, 0.2) is 41.3 Å². The maximum Gasteiger partial charge on any atom is 0.407 e. The van der Waals surface area contributed by atoms with Crippen LogP contribution in [0.5, 0.6) is 0 Å². The van der Waals surface area contributed by atoms with Crippen LogP contribution in [0, 0.1) is 0 Å². The van der Waals surface area contributed by atoms with Crippen LogP contribution in [0.2, 0.25) is 5.02 Å². The predicted octanol–water partition coefficient (Wildman–Crippen LogP) is 2.48. The molecule has 176 valence electrons. The van der Waals surface area contributed by atoms with Gasteiger partial charge in [-0.2, -0.15) is 5.10 Å². The molecule has 0 spiro atoms. The highest BCUT2D eigenvalue weighted by Crippen LogP contribution is 2.26. The number of hydrogen-bond acceptors (Lipinski definition) is 6. The lowest BCUT2D eigenvalue weighted by Gasteiger charge is -2.29. The summed E-state index contributed by atoms with van der Waals surface area (Å²) in [6.45, 7) is 1.08. The lowest BCUT2D eigenvalue weighted by molar-refractivity contribution is 0.0909. The monoisotopic (exact) mass is 473 g/mol. The lowest BCUT2D eigenvalue weighted by atomic mass is 9.91. The van der Waals surface area contributed by atoms with E-state index in [0.29, 0.717) is 30.8 Å². The van der Waals surface area contributed by atoms with Crippen molar-refractivity contribution in [1.29, 1.82) is 0 Å². The van der Waals surface area contributed by atoms with E-state index in [9.17, 15) is 14.4 Å². The maximum absolute atomic E-state index is 12.4. The minimum Gasteiger partial charge on any atom is -0.444 e. The molecule has 1 aliphatic carbocycles. The lowest BCUT2D eigenvalue weighted by Crippen LogP contribution is -2.44. The van der Waals surface area contributed by atoms with Gasteiger partial charge < -0.3 is 20.3 Å². The van der Waals surface area contributed by atoms with Crippen molar-refractivity contribution >= 4 is 29.3 Å². The fourth-order valence-corrected chi connectivity index (χ4v) is 4.65. The Bertz CT molecular complexity index is 1050. The normalized spacial score (nSPS) is 22.6. The van der Waals surface area contributed by atoms with Crippen molar-refractivity contribution in [1.82, 2.24) is 20.4 Å². The Hall–Kier alpha value is -3.07. The van der Waals surface area contributed by atoms with Crippen LogP contribution < -0.4 is 21.1 Å². The number of carbonyl (C=O) groups excluding carboxylic acids is 2. The number of carbonyl (C=O) groups is 2. The Balaban J connectivity index is 1.20. The maximum atomic E-state index is 12.4. The molecule has 0 radical (unpaired) electrons. The van der Waals surface area contributed by atoms with Gasteiger partial charge in [0.05, 0.1) is 18.4 Å². The molecule has 1 saturated heterocycles. The minimum absolute atomic E-state index is 0.0238. The Labute approximate surface area is 197 Å². The van der Waals surface area contributed by atoms with Crippen LogP contribution in [0.1, 0.15) is 42.5 Å². The molecule has 1 aromatic carbocycles. The molecular formula is C23H28ClN5O4. The number of rotatable bonds is 5. The first kappa shape index (κ1) is 23.1. The Morgan fingerprint density at radius 3 is 2.42 bits per heavy atom. The van der Waals surface area contributed by atoms with Crippen molar-refractivity contribution in [3.63, 3.8) is 0 Å². The zero-order valence-corrected chi connectivity index (χ0v) is 19.3. The summed E-state index contributed by atoms with van der Waals surface area (Å²) in [6.07, 6.45) is 4.64. The van der Waals surface area contributed by atoms with Crippen molar-refractivity contribution in [3.05, 3.63) is 57.5 Å². The van der Waals surface area contributed by atoms with Crippen LogP contribution in [0.25, 0.3) is 0 Å². The van der Waals surface area contributed by atoms with Crippen LogP contribution >= 0.6 is 11.6 Å². The average Bonchev–Trinajstić information content (AvgIpc) is 3.27. The molecule has 33 heavy (non-hydrogen) atoms. The molecule has 10 heteroatoms. The first-order chi connectivity index (χ1) is 15.9. The van der Waals surface area contributed by atoms with Crippen LogP contribution in [-0.2, 0) is 11.8 Å². The molecular weight excluding hydrogens is 446 g/mol. The summed E-state index contributed by atoms with van der Waals surface area (Å²) in [4.78, 5) is 38.6. The average molecular weight is 474 g/mol. The minimum atomic E-state index is -0.438. The van der Waals surface area contributed by atoms with Crippen LogP contribution in [0.3, 0.4) is 0 Å². The zero-order valence-electron chi connectivity index (χ0n) is 18.5. The molecule has 2 N–H and O–H groups in total. The molecule has 1 atom stereocenters. The van der Waals surface area contributed by atoms with E-state index in [2.05, 4.69) is 15.7 Å². The number of halogens is 1. The molecule has 4 rings (SSSR count). The van der Waals surface area contributed by atoms with Crippen LogP contribution in [-0.4, -0.2) is 53.1 Å². The van der Waals surface area contributed by atoms with Gasteiger partial charge in [-0.05, 0) is 37.8 Å². The van der Waals surface area contributed by atoms with Gasteiger partial charge in [-0.25, -0.2) is 9.48 Å². The molecule has 2 heterocycles. The van der Waals surface area contributed by atoms with Crippen molar-refractivity contribution in [2.75, 3.05) is 18.0 Å². The number of nitrogens with zero attached hydrogens (tertiary/aromatic N) is 3. The van der Waals surface area contributed by atoms with Gasteiger partial charge >= 0.3 is 6.09 Å². The van der Waals surface area contributed by atoms with Gasteiger partial charge in [0.1, 0.15) is 11.1 Å². The number of anilines is 1. The number of hydrogen-bond donors (Lipinski definition) is 2. The van der Waals surface area contributed by atoms with E-state index in [4.69, 9.17) is 16.3 Å². The number of nitrogens with one attached hydrogen (secondary N) is 2. The fourth-order valence-electron chi connectivity index (χ4n) is 4.36. The molecule has 0 unspecified atom stereocenters. The van der Waals surface area contributed by atoms with Gasteiger partial charge in [-0.1, -0.05) is 29.8 Å². The van der Waals surface area contributed by atoms with E-state index in [-0.39, 0.29) is 34.7 Å². The van der Waals surface area contributed by atoms with Crippen LogP contribution in [0.4, 0.5) is 10.5 Å². The largest absolute Gasteiger partial charge is 0.444 e. The SMILES string of the molecule is Cn1ncc(N2CC[C@@H](OC(=O)NC3CCC(NC(=O)c4ccccc4)CC3)C2)c(Cl)c1=O. The Morgan fingerprint density at radius 1 is 1.06 bits per heavy atom. The molecule has 1 aromatic heterocycles. The summed E-state index contributed by atoms with van der Waals surface area (Å²) in [6, 6.07) is 9.29. The summed E-state index contributed by atoms with van der Waals surface area (Å²) in [5.41, 5.74) is 0.855. The molecule has 2 aromatic rings. The van der Waals surface area contributed by atoms with Crippen molar-refractivity contribution in [2.24, 2.45) is 7.05 Å². The standard InChI is InChI=1S/C23H28ClN5O4/c1-28-22(31)20(24)19(13-25-28)29-12-11-18(14-29)33-23(32)27-17-9-7-16(8-10-17)26-21(30)15-5-3-2-4-6-15/h2-6,13,16-18H,7-12,14H2,1H3,(H,26,30)(H,27,32)/t16?,17?,18-/m1/s1. The van der Waals surface area contributed by atoms with E-state index in [1.807, 2.05) is 23.1 Å². The number of aryl methyl sites for hydroxylation is 1. The molecule has 2 amide bonds. The molecule has 2 aliphatic rings. The molecule has 2 fully saturated rings. The second-order valence-electron chi connectivity index (χ2n) is 8.57. The number of alkyl carbamates (subject to hydrolysis) is 1. The summed E-state index contributed by atoms with van der Waals surface area (Å²) < 4.78 is 6.79. The quantitative estimate of drug-likeness (QED) is 0.691. The number of ether oxygens (including phenoxy) is 1. The highest BCUT2D eigenvalue weighted by molar-refractivity contribution is 6.33. The zero-order chi connectivity index (χ0) is 23.4. The van der Waals surface area contributed by atoms with Crippen molar-refractivity contribution < 1.29 is 14.3 Å². The van der Waals surface area contributed by atoms with E-state index >= 15 is 0 Å². The summed E-state index contributed by atoms with van der Waals surface area (Å²) >= 11 is 6.18. The second kappa shape index (κ2) is 10.2. The van der Waals surface area contributed by atoms with Crippen molar-refractivity contribution in [3.8, 4) is 0 Å². The smallest absolute Gasteiger partial charge is 0.407 e. The highest BCUT2D eigenvalue weighted by Gasteiger charge is 2.30. The molecule has 1 aliphatic heterocycles. The third-order valence-corrected chi connectivity index (χ3v) is 6.59. The van der Waals surface area contributed by atoms with Gasteiger partial charge in [0.25, 0.3) is 11.5 Å². The van der Waals surface area contributed by atoms with Gasteiger partial charge in [-0.15, -0.1) is 0 Å². The van der Waals surface area contributed by atoms with E-state index in [1.54, 1.807) is 25.4 Å². The van der Waals surface area contributed by atoms with E-state index in [0.717, 1.165) is 25.7 Å². The highest BCUT2D eigenvalue weighted by atomic mass is 35.5. The summed E-state index contributed by atoms with van der Waals surface area (Å²) in [5.74, 6) is -0.0659. The number of aromatic nitrogens is 2. The third kappa shape index (κ3) is 5.65. The first-order valence-corrected chi connectivity index (χ1v) is 11.6. The van der Waals surface area contributed by atoms with Gasteiger partial charge in [0.2, 0.25) is 0 Å². The van der Waals surface area contributed by atoms with Crippen molar-refractivity contribution in [2.45, 2.75) is 50.3 Å². The molecule has 1 saturated carbocycles. The molecule has 9 nitrogen and oxygen atoms in total. The fraction of sp³-hybridized carbons (Fsp3) is 0.478. The number of amides is 2. The predicted molar refractivity (Wildman–Crippen MR) is 125 cm³/mol. The van der Waals surface area contributed by atoms with Gasteiger partial charge in [0, 0.05) is 37.7 Å². The van der Waals surface area contributed by atoms with Gasteiger partial charge in [0.15, 0.2) is 0 Å². The Kier molecular flexibility index (Phi) is 7.17. The van der Waals surface area contributed by atoms with E-state index in [1.165, 1.54) is 4.68 Å². The van der Waals surface area contributed by atoms with E-state index < -0.39 is 6.09 Å². The summed E-state index contributed by atoms with van der Waals surface area (Å²) in [5, 5.41) is 10.2.